The number of anilines is 2. The van der Waals surface area contributed by atoms with Crippen molar-refractivity contribution in [2.24, 2.45) is 0 Å². The van der Waals surface area contributed by atoms with Crippen LogP contribution in [0.3, 0.4) is 0 Å². The van der Waals surface area contributed by atoms with Crippen LogP contribution in [0.4, 0.5) is 11.4 Å². The second kappa shape index (κ2) is 7.84. The second-order valence-corrected chi connectivity index (χ2v) is 5.27. The number of hydrogen-bond donors (Lipinski definition) is 2. The number of aryl methyl sites for hydroxylation is 2. The van der Waals surface area contributed by atoms with Crippen molar-refractivity contribution in [3.05, 3.63) is 65.4 Å². The molecule has 0 aliphatic rings. The van der Waals surface area contributed by atoms with Gasteiger partial charge in [0.2, 0.25) is 0 Å². The molecule has 1 amide bonds. The zero-order valence-corrected chi connectivity index (χ0v) is 13.9. The van der Waals surface area contributed by atoms with Gasteiger partial charge in [0.15, 0.2) is 0 Å². The summed E-state index contributed by atoms with van der Waals surface area (Å²) >= 11 is 0. The van der Waals surface area contributed by atoms with E-state index in [9.17, 15) is 10.1 Å². The number of nitriles is 1. The van der Waals surface area contributed by atoms with Gasteiger partial charge in [-0.15, -0.1) is 0 Å². The van der Waals surface area contributed by atoms with Gasteiger partial charge in [-0.25, -0.2) is 0 Å². The lowest BCUT2D eigenvalue weighted by Crippen LogP contribution is -2.15. The fraction of sp³-hybridized carbons (Fsp3) is 0.158. The van der Waals surface area contributed by atoms with Crippen molar-refractivity contribution in [1.29, 1.82) is 5.26 Å². The summed E-state index contributed by atoms with van der Waals surface area (Å²) in [5, 5.41) is 14.9. The lowest BCUT2D eigenvalue weighted by atomic mass is 10.1. The van der Waals surface area contributed by atoms with Gasteiger partial charge < -0.3 is 15.4 Å². The van der Waals surface area contributed by atoms with Crippen LogP contribution in [0.5, 0.6) is 5.75 Å². The van der Waals surface area contributed by atoms with E-state index >= 15 is 0 Å². The molecule has 2 aromatic carbocycles. The molecule has 0 saturated heterocycles. The summed E-state index contributed by atoms with van der Waals surface area (Å²) in [6.07, 6.45) is 1.40. The van der Waals surface area contributed by atoms with Crippen molar-refractivity contribution >= 4 is 17.3 Å². The van der Waals surface area contributed by atoms with Crippen LogP contribution in [-0.4, -0.2) is 13.0 Å². The van der Waals surface area contributed by atoms with E-state index in [-0.39, 0.29) is 5.57 Å². The monoisotopic (exact) mass is 321 g/mol. The van der Waals surface area contributed by atoms with Crippen LogP contribution >= 0.6 is 0 Å². The summed E-state index contributed by atoms with van der Waals surface area (Å²) in [4.78, 5) is 12.3. The first-order chi connectivity index (χ1) is 11.5. The Kier molecular flexibility index (Phi) is 5.58. The molecule has 2 rings (SSSR count). The van der Waals surface area contributed by atoms with Gasteiger partial charge in [0, 0.05) is 11.9 Å². The highest BCUT2D eigenvalue weighted by Gasteiger charge is 2.11. The fourth-order valence-corrected chi connectivity index (χ4v) is 2.07. The Bertz CT molecular complexity index is 820. The molecule has 0 fully saturated rings. The Hall–Kier alpha value is -3.26. The van der Waals surface area contributed by atoms with Crippen molar-refractivity contribution in [2.45, 2.75) is 13.8 Å². The minimum atomic E-state index is -0.502. The quantitative estimate of drug-likeness (QED) is 0.649. The highest BCUT2D eigenvalue weighted by atomic mass is 16.5. The second-order valence-electron chi connectivity index (χ2n) is 5.27. The van der Waals surface area contributed by atoms with Crippen molar-refractivity contribution in [3.63, 3.8) is 0 Å². The normalized spacial score (nSPS) is 10.7. The average molecular weight is 321 g/mol. The number of ether oxygens (including phenoxy) is 1. The first-order valence-electron chi connectivity index (χ1n) is 7.43. The number of carbonyl (C=O) groups excluding carboxylic acids is 1. The van der Waals surface area contributed by atoms with Gasteiger partial charge in [0.25, 0.3) is 5.91 Å². The van der Waals surface area contributed by atoms with E-state index in [2.05, 4.69) is 10.6 Å². The molecule has 122 valence electrons. The topological polar surface area (TPSA) is 74.1 Å². The lowest BCUT2D eigenvalue weighted by Gasteiger charge is -2.09. The summed E-state index contributed by atoms with van der Waals surface area (Å²) in [5.41, 5.74) is 3.61. The molecule has 0 saturated carbocycles. The molecule has 0 aliphatic carbocycles. The first-order valence-corrected chi connectivity index (χ1v) is 7.43. The van der Waals surface area contributed by atoms with Crippen molar-refractivity contribution < 1.29 is 9.53 Å². The average Bonchev–Trinajstić information content (AvgIpc) is 2.59. The molecule has 0 unspecified atom stereocenters. The number of methoxy groups -OCH3 is 1. The highest BCUT2D eigenvalue weighted by molar-refractivity contribution is 6.07. The number of para-hydroxylation sites is 2. The van der Waals surface area contributed by atoms with Gasteiger partial charge in [-0.2, -0.15) is 5.26 Å². The maximum absolute atomic E-state index is 12.3. The lowest BCUT2D eigenvalue weighted by molar-refractivity contribution is -0.112. The van der Waals surface area contributed by atoms with Gasteiger partial charge in [0.1, 0.15) is 17.4 Å². The summed E-state index contributed by atoms with van der Waals surface area (Å²) in [6, 6.07) is 14.8. The molecule has 5 nitrogen and oxygen atoms in total. The molecule has 2 N–H and O–H groups in total. The summed E-state index contributed by atoms with van der Waals surface area (Å²) in [5.74, 6) is 0.0311. The molecule has 24 heavy (non-hydrogen) atoms. The van der Waals surface area contributed by atoms with Crippen LogP contribution in [0.2, 0.25) is 0 Å². The molecule has 0 heterocycles. The number of carbonyl (C=O) groups is 1. The van der Waals surface area contributed by atoms with Gasteiger partial charge >= 0.3 is 0 Å². The van der Waals surface area contributed by atoms with Gasteiger partial charge in [0.05, 0.1) is 12.8 Å². The Morgan fingerprint density at radius 2 is 1.92 bits per heavy atom. The molecular weight excluding hydrogens is 302 g/mol. The van der Waals surface area contributed by atoms with Crippen molar-refractivity contribution in [3.8, 4) is 11.8 Å². The Balaban J connectivity index is 2.13. The molecule has 0 aromatic heterocycles. The third-order valence-electron chi connectivity index (χ3n) is 3.61. The van der Waals surface area contributed by atoms with E-state index in [0.29, 0.717) is 11.4 Å². The minimum Gasteiger partial charge on any atom is -0.495 e. The largest absolute Gasteiger partial charge is 0.495 e. The number of rotatable bonds is 5. The molecule has 0 atom stereocenters. The molecule has 0 bridgehead atoms. The van der Waals surface area contributed by atoms with Crippen LogP contribution in [0, 0.1) is 25.2 Å². The number of nitrogens with one attached hydrogen (secondary N) is 2. The number of nitrogens with zero attached hydrogens (tertiary/aromatic N) is 1. The minimum absolute atomic E-state index is 0.0286. The molecule has 2 aromatic rings. The standard InChI is InChI=1S/C19H19N3O2/c1-13-8-9-16(10-14(13)2)21-12-15(11-20)19(23)22-17-6-4-5-7-18(17)24-3/h4-10,12,21H,1-3H3,(H,22,23)/b15-12-. The van der Waals surface area contributed by atoms with Gasteiger partial charge in [-0.3, -0.25) is 4.79 Å². The number of amides is 1. The van der Waals surface area contributed by atoms with Crippen LogP contribution < -0.4 is 15.4 Å². The predicted octanol–water partition coefficient (Wildman–Crippen LogP) is 3.77. The summed E-state index contributed by atoms with van der Waals surface area (Å²) in [6.45, 7) is 4.03. The smallest absolute Gasteiger partial charge is 0.267 e. The van der Waals surface area contributed by atoms with Crippen LogP contribution in [0.15, 0.2) is 54.2 Å². The van der Waals surface area contributed by atoms with E-state index in [4.69, 9.17) is 4.74 Å². The molecule has 0 aliphatic heterocycles. The van der Waals surface area contributed by atoms with Crippen molar-refractivity contribution in [2.75, 3.05) is 17.7 Å². The molecule has 5 heteroatoms. The van der Waals surface area contributed by atoms with E-state index in [0.717, 1.165) is 11.3 Å². The third-order valence-corrected chi connectivity index (χ3v) is 3.61. The third kappa shape index (κ3) is 4.14. The predicted molar refractivity (Wildman–Crippen MR) is 94.9 cm³/mol. The van der Waals surface area contributed by atoms with E-state index in [1.54, 1.807) is 24.3 Å². The Morgan fingerprint density at radius 3 is 2.58 bits per heavy atom. The Labute approximate surface area is 141 Å². The SMILES string of the molecule is COc1ccccc1NC(=O)/C(C#N)=C\Nc1ccc(C)c(C)c1. The van der Waals surface area contributed by atoms with E-state index < -0.39 is 5.91 Å². The molecular formula is C19H19N3O2. The zero-order chi connectivity index (χ0) is 17.5. The first kappa shape index (κ1) is 17.1. The van der Waals surface area contributed by atoms with Crippen LogP contribution in [0.25, 0.3) is 0 Å². The summed E-state index contributed by atoms with van der Waals surface area (Å²) in [7, 11) is 1.52. The van der Waals surface area contributed by atoms with Crippen LogP contribution in [0.1, 0.15) is 11.1 Å². The molecule has 0 radical (unpaired) electrons. The maximum Gasteiger partial charge on any atom is 0.267 e. The Morgan fingerprint density at radius 1 is 1.17 bits per heavy atom. The van der Waals surface area contributed by atoms with Gasteiger partial charge in [-0.05, 0) is 49.2 Å². The van der Waals surface area contributed by atoms with E-state index in [1.807, 2.05) is 38.1 Å². The van der Waals surface area contributed by atoms with Crippen molar-refractivity contribution in [1.82, 2.24) is 0 Å². The van der Waals surface area contributed by atoms with Gasteiger partial charge in [-0.1, -0.05) is 18.2 Å². The van der Waals surface area contributed by atoms with E-state index in [1.165, 1.54) is 18.9 Å². The number of hydrogen-bond acceptors (Lipinski definition) is 4. The molecule has 0 spiro atoms. The van der Waals surface area contributed by atoms with Crippen LogP contribution in [-0.2, 0) is 4.79 Å². The maximum atomic E-state index is 12.3. The number of benzene rings is 2. The zero-order valence-electron chi connectivity index (χ0n) is 13.9. The highest BCUT2D eigenvalue weighted by Crippen LogP contribution is 2.23. The summed E-state index contributed by atoms with van der Waals surface area (Å²) < 4.78 is 5.18. The fourth-order valence-electron chi connectivity index (χ4n) is 2.07.